The molecular formula is C20H29N3O2. The van der Waals surface area contributed by atoms with Gasteiger partial charge in [0.1, 0.15) is 5.69 Å². The van der Waals surface area contributed by atoms with E-state index in [-0.39, 0.29) is 17.5 Å². The zero-order valence-electron chi connectivity index (χ0n) is 15.5. The molecule has 5 heteroatoms. The molecule has 0 aromatic carbocycles. The Morgan fingerprint density at radius 2 is 2.12 bits per heavy atom. The van der Waals surface area contributed by atoms with Crippen molar-refractivity contribution < 1.29 is 4.79 Å². The zero-order valence-corrected chi connectivity index (χ0v) is 15.5. The number of rotatable bonds is 7. The third kappa shape index (κ3) is 3.86. The Hall–Kier alpha value is -1.91. The highest BCUT2D eigenvalue weighted by molar-refractivity contribution is 5.92. The van der Waals surface area contributed by atoms with Crippen LogP contribution < -0.4 is 5.56 Å². The van der Waals surface area contributed by atoms with Crippen LogP contribution in [0.15, 0.2) is 29.1 Å². The molecule has 0 saturated heterocycles. The lowest BCUT2D eigenvalue weighted by atomic mass is 9.92. The number of carbonyl (C=O) groups is 1. The number of hydrogen-bond acceptors (Lipinski definition) is 3. The summed E-state index contributed by atoms with van der Waals surface area (Å²) in [5.41, 5.74) is 0.238. The summed E-state index contributed by atoms with van der Waals surface area (Å²) in [7, 11) is 0. The van der Waals surface area contributed by atoms with Crippen molar-refractivity contribution in [2.45, 2.75) is 59.0 Å². The molecule has 3 atom stereocenters. The first kappa shape index (κ1) is 17.9. The first-order valence-electron chi connectivity index (χ1n) is 9.57. The molecule has 25 heavy (non-hydrogen) atoms. The van der Waals surface area contributed by atoms with Crippen LogP contribution >= 0.6 is 0 Å². The number of hydrogen-bond donors (Lipinski definition) is 0. The van der Waals surface area contributed by atoms with Gasteiger partial charge in [-0.2, -0.15) is 5.10 Å². The SMILES string of the molecule is CCCCn1nc(C(=O)N(CC2CC3C=CC2C3)C(C)C)ccc1=O. The molecule has 2 aliphatic rings. The van der Waals surface area contributed by atoms with Crippen molar-refractivity contribution in [1.29, 1.82) is 0 Å². The lowest BCUT2D eigenvalue weighted by molar-refractivity contribution is 0.0652. The largest absolute Gasteiger partial charge is 0.335 e. The van der Waals surface area contributed by atoms with Gasteiger partial charge in [-0.05, 0) is 56.9 Å². The Morgan fingerprint density at radius 1 is 1.32 bits per heavy atom. The summed E-state index contributed by atoms with van der Waals surface area (Å²) in [4.78, 5) is 26.9. The molecule has 3 rings (SSSR count). The summed E-state index contributed by atoms with van der Waals surface area (Å²) in [6, 6.07) is 3.16. The monoisotopic (exact) mass is 343 g/mol. The number of nitrogens with zero attached hydrogens (tertiary/aromatic N) is 3. The second-order valence-electron chi connectivity index (χ2n) is 7.73. The average molecular weight is 343 g/mol. The molecule has 0 spiro atoms. The number of amides is 1. The normalized spacial score (nSPS) is 24.2. The number of aromatic nitrogens is 2. The fourth-order valence-corrected chi connectivity index (χ4v) is 4.06. The highest BCUT2D eigenvalue weighted by Crippen LogP contribution is 2.43. The highest BCUT2D eigenvalue weighted by Gasteiger charge is 2.37. The Bertz CT molecular complexity index is 707. The molecule has 1 fully saturated rings. The minimum atomic E-state index is -0.140. The Labute approximate surface area is 149 Å². The van der Waals surface area contributed by atoms with Crippen molar-refractivity contribution in [3.63, 3.8) is 0 Å². The number of carbonyl (C=O) groups excluding carboxylic acids is 1. The first-order chi connectivity index (χ1) is 12.0. The lowest BCUT2D eigenvalue weighted by Gasteiger charge is -2.31. The lowest BCUT2D eigenvalue weighted by Crippen LogP contribution is -2.42. The molecule has 1 saturated carbocycles. The maximum absolute atomic E-state index is 13.0. The molecule has 1 amide bonds. The fourth-order valence-electron chi connectivity index (χ4n) is 4.06. The highest BCUT2D eigenvalue weighted by atomic mass is 16.2. The molecule has 3 unspecified atom stereocenters. The predicted molar refractivity (Wildman–Crippen MR) is 98.4 cm³/mol. The third-order valence-electron chi connectivity index (χ3n) is 5.54. The molecule has 2 aliphatic carbocycles. The number of allylic oxidation sites excluding steroid dienone is 2. The number of fused-ring (bicyclic) bond motifs is 2. The fraction of sp³-hybridized carbons (Fsp3) is 0.650. The van der Waals surface area contributed by atoms with Gasteiger partial charge in [0.2, 0.25) is 0 Å². The maximum atomic E-state index is 13.0. The summed E-state index contributed by atoms with van der Waals surface area (Å²) in [6.45, 7) is 7.51. The Kier molecular flexibility index (Phi) is 5.40. The van der Waals surface area contributed by atoms with Crippen LogP contribution in [0.5, 0.6) is 0 Å². The van der Waals surface area contributed by atoms with Crippen molar-refractivity contribution >= 4 is 5.91 Å². The van der Waals surface area contributed by atoms with E-state index in [0.717, 1.165) is 19.4 Å². The van der Waals surface area contributed by atoms with Gasteiger partial charge in [-0.1, -0.05) is 25.5 Å². The second kappa shape index (κ2) is 7.54. The topological polar surface area (TPSA) is 55.2 Å². The average Bonchev–Trinajstić information content (AvgIpc) is 3.21. The quantitative estimate of drug-likeness (QED) is 0.715. The zero-order chi connectivity index (χ0) is 18.0. The first-order valence-corrected chi connectivity index (χ1v) is 9.57. The van der Waals surface area contributed by atoms with Gasteiger partial charge in [0.25, 0.3) is 11.5 Å². The molecule has 2 bridgehead atoms. The van der Waals surface area contributed by atoms with Crippen LogP contribution in [0.1, 0.15) is 56.9 Å². The van der Waals surface area contributed by atoms with Crippen LogP contribution in [0.25, 0.3) is 0 Å². The minimum Gasteiger partial charge on any atom is -0.335 e. The van der Waals surface area contributed by atoms with Gasteiger partial charge in [-0.15, -0.1) is 0 Å². The van der Waals surface area contributed by atoms with Gasteiger partial charge in [0.15, 0.2) is 0 Å². The van der Waals surface area contributed by atoms with E-state index in [4.69, 9.17) is 0 Å². The molecule has 1 heterocycles. The van der Waals surface area contributed by atoms with Crippen LogP contribution in [0.4, 0.5) is 0 Å². The molecule has 1 aromatic rings. The standard InChI is InChI=1S/C20H29N3O2/c1-4-5-10-23-19(24)9-8-18(21-23)20(25)22(14(2)3)13-17-12-15-6-7-16(17)11-15/h6-9,14-17H,4-5,10-13H2,1-3H3. The molecule has 136 valence electrons. The smallest absolute Gasteiger partial charge is 0.274 e. The number of unbranched alkanes of at least 4 members (excludes halogenated alkanes) is 1. The van der Waals surface area contributed by atoms with Crippen LogP contribution in [-0.4, -0.2) is 33.2 Å². The summed E-state index contributed by atoms with van der Waals surface area (Å²) in [5, 5.41) is 4.33. The van der Waals surface area contributed by atoms with Gasteiger partial charge in [0.05, 0.1) is 0 Å². The van der Waals surface area contributed by atoms with Gasteiger partial charge >= 0.3 is 0 Å². The summed E-state index contributed by atoms with van der Waals surface area (Å²) in [5.74, 6) is 1.80. The molecule has 5 nitrogen and oxygen atoms in total. The van der Waals surface area contributed by atoms with Crippen molar-refractivity contribution in [3.05, 3.63) is 40.3 Å². The number of aryl methyl sites for hydroxylation is 1. The van der Waals surface area contributed by atoms with Crippen molar-refractivity contribution in [2.75, 3.05) is 6.54 Å². The maximum Gasteiger partial charge on any atom is 0.274 e. The van der Waals surface area contributed by atoms with E-state index in [0.29, 0.717) is 30.0 Å². The van der Waals surface area contributed by atoms with E-state index in [1.165, 1.54) is 23.6 Å². The van der Waals surface area contributed by atoms with E-state index in [2.05, 4.69) is 24.2 Å². The van der Waals surface area contributed by atoms with Gasteiger partial charge in [-0.25, -0.2) is 4.68 Å². The molecule has 0 radical (unpaired) electrons. The van der Waals surface area contributed by atoms with E-state index < -0.39 is 0 Å². The van der Waals surface area contributed by atoms with E-state index in [1.54, 1.807) is 6.07 Å². The van der Waals surface area contributed by atoms with Crippen LogP contribution in [0.3, 0.4) is 0 Å². The van der Waals surface area contributed by atoms with Crippen molar-refractivity contribution in [1.82, 2.24) is 14.7 Å². The van der Waals surface area contributed by atoms with Gasteiger partial charge < -0.3 is 4.90 Å². The van der Waals surface area contributed by atoms with Crippen LogP contribution in [-0.2, 0) is 6.54 Å². The van der Waals surface area contributed by atoms with E-state index in [9.17, 15) is 9.59 Å². The van der Waals surface area contributed by atoms with Crippen molar-refractivity contribution in [3.8, 4) is 0 Å². The Morgan fingerprint density at radius 3 is 2.72 bits per heavy atom. The van der Waals surface area contributed by atoms with Crippen LogP contribution in [0, 0.1) is 17.8 Å². The summed E-state index contributed by atoms with van der Waals surface area (Å²) >= 11 is 0. The van der Waals surface area contributed by atoms with E-state index >= 15 is 0 Å². The molecular weight excluding hydrogens is 314 g/mol. The van der Waals surface area contributed by atoms with Crippen LogP contribution in [0.2, 0.25) is 0 Å². The van der Waals surface area contributed by atoms with Crippen molar-refractivity contribution in [2.24, 2.45) is 17.8 Å². The predicted octanol–water partition coefficient (Wildman–Crippen LogP) is 3.11. The minimum absolute atomic E-state index is 0.0630. The molecule has 0 N–H and O–H groups in total. The molecule has 1 aromatic heterocycles. The Balaban J connectivity index is 1.76. The third-order valence-corrected chi connectivity index (χ3v) is 5.54. The van der Waals surface area contributed by atoms with Gasteiger partial charge in [-0.3, -0.25) is 9.59 Å². The van der Waals surface area contributed by atoms with Gasteiger partial charge in [0, 0.05) is 25.2 Å². The van der Waals surface area contributed by atoms with E-state index in [1.807, 2.05) is 18.7 Å². The second-order valence-corrected chi connectivity index (χ2v) is 7.73. The summed E-state index contributed by atoms with van der Waals surface area (Å²) < 4.78 is 1.43. The molecule has 0 aliphatic heterocycles. The summed E-state index contributed by atoms with van der Waals surface area (Å²) in [6.07, 6.45) is 8.95.